The van der Waals surface area contributed by atoms with Crippen LogP contribution in [-0.4, -0.2) is 18.2 Å². The molecule has 5 nitrogen and oxygen atoms in total. The molecule has 0 aliphatic carbocycles. The van der Waals surface area contributed by atoms with Gasteiger partial charge in [0.1, 0.15) is 23.1 Å². The summed E-state index contributed by atoms with van der Waals surface area (Å²) in [5.41, 5.74) is 6.72. The van der Waals surface area contributed by atoms with Crippen LogP contribution in [0.3, 0.4) is 0 Å². The van der Waals surface area contributed by atoms with Gasteiger partial charge in [0.25, 0.3) is 0 Å². The van der Waals surface area contributed by atoms with Crippen molar-refractivity contribution in [2.45, 2.75) is 13.0 Å². The summed E-state index contributed by atoms with van der Waals surface area (Å²) in [6.07, 6.45) is 0. The second-order valence-electron chi connectivity index (χ2n) is 3.75. The maximum Gasteiger partial charge on any atom is 0.325 e. The van der Waals surface area contributed by atoms with E-state index in [1.54, 1.807) is 32.2 Å². The number of nitrogens with two attached hydrogens (primary N) is 1. The van der Waals surface area contributed by atoms with Crippen LogP contribution in [0.5, 0.6) is 5.75 Å². The normalized spacial score (nSPS) is 12.6. The number of carboxylic acids is 1. The van der Waals surface area contributed by atoms with Gasteiger partial charge in [-0.15, -0.1) is 0 Å². The van der Waals surface area contributed by atoms with Crippen molar-refractivity contribution in [3.63, 3.8) is 0 Å². The highest BCUT2D eigenvalue weighted by atomic mass is 16.5. The Morgan fingerprint density at radius 3 is 2.82 bits per heavy atom. The lowest BCUT2D eigenvalue weighted by atomic mass is 10.0. The van der Waals surface area contributed by atoms with Crippen molar-refractivity contribution in [2.24, 2.45) is 5.73 Å². The molecule has 5 heteroatoms. The van der Waals surface area contributed by atoms with Crippen LogP contribution in [-0.2, 0) is 4.79 Å². The molecule has 2 rings (SSSR count). The van der Waals surface area contributed by atoms with E-state index in [-0.39, 0.29) is 0 Å². The number of ether oxygens (including phenoxy) is 1. The zero-order chi connectivity index (χ0) is 12.6. The van der Waals surface area contributed by atoms with E-state index >= 15 is 0 Å². The Morgan fingerprint density at radius 2 is 2.24 bits per heavy atom. The number of aliphatic carboxylic acids is 1. The Hall–Kier alpha value is -2.01. The SMILES string of the molecule is COc1ccc2c(C(N)C(=O)O)c(C)oc2c1. The molecular formula is C12H13NO4. The zero-order valence-electron chi connectivity index (χ0n) is 9.56. The predicted molar refractivity (Wildman–Crippen MR) is 62.1 cm³/mol. The molecule has 0 amide bonds. The summed E-state index contributed by atoms with van der Waals surface area (Å²) in [6, 6.07) is 4.13. The van der Waals surface area contributed by atoms with Gasteiger partial charge in [-0.1, -0.05) is 0 Å². The molecule has 17 heavy (non-hydrogen) atoms. The lowest BCUT2D eigenvalue weighted by Gasteiger charge is -2.05. The van der Waals surface area contributed by atoms with E-state index in [4.69, 9.17) is 20.0 Å². The largest absolute Gasteiger partial charge is 0.497 e. The maximum atomic E-state index is 10.9. The number of carboxylic acid groups (broad SMARTS) is 1. The Labute approximate surface area is 97.8 Å². The lowest BCUT2D eigenvalue weighted by molar-refractivity contribution is -0.138. The topological polar surface area (TPSA) is 85.7 Å². The van der Waals surface area contributed by atoms with E-state index in [0.29, 0.717) is 28.0 Å². The van der Waals surface area contributed by atoms with Crippen molar-refractivity contribution in [1.29, 1.82) is 0 Å². The summed E-state index contributed by atoms with van der Waals surface area (Å²) >= 11 is 0. The second kappa shape index (κ2) is 4.10. The summed E-state index contributed by atoms with van der Waals surface area (Å²) in [6.45, 7) is 1.70. The zero-order valence-corrected chi connectivity index (χ0v) is 9.56. The monoisotopic (exact) mass is 235 g/mol. The number of carbonyl (C=O) groups is 1. The number of fused-ring (bicyclic) bond motifs is 1. The average molecular weight is 235 g/mol. The number of hydrogen-bond acceptors (Lipinski definition) is 4. The van der Waals surface area contributed by atoms with Gasteiger partial charge in [-0.2, -0.15) is 0 Å². The van der Waals surface area contributed by atoms with Crippen LogP contribution >= 0.6 is 0 Å². The van der Waals surface area contributed by atoms with E-state index in [1.807, 2.05) is 0 Å². The molecule has 0 bridgehead atoms. The molecule has 90 valence electrons. The van der Waals surface area contributed by atoms with Gasteiger partial charge in [0, 0.05) is 17.0 Å². The summed E-state index contributed by atoms with van der Waals surface area (Å²) < 4.78 is 10.6. The van der Waals surface area contributed by atoms with Crippen LogP contribution < -0.4 is 10.5 Å². The van der Waals surface area contributed by atoms with Crippen LogP contribution in [0.4, 0.5) is 0 Å². The molecule has 2 aromatic rings. The number of methoxy groups -OCH3 is 1. The van der Waals surface area contributed by atoms with Gasteiger partial charge in [-0.3, -0.25) is 4.79 Å². The fraction of sp³-hybridized carbons (Fsp3) is 0.250. The summed E-state index contributed by atoms with van der Waals surface area (Å²) in [5, 5.41) is 9.65. The highest BCUT2D eigenvalue weighted by molar-refractivity contribution is 5.89. The quantitative estimate of drug-likeness (QED) is 0.847. The van der Waals surface area contributed by atoms with E-state index in [2.05, 4.69) is 0 Å². The molecule has 0 radical (unpaired) electrons. The predicted octanol–water partition coefficient (Wildman–Crippen LogP) is 1.83. The van der Waals surface area contributed by atoms with Gasteiger partial charge < -0.3 is 20.0 Å². The smallest absolute Gasteiger partial charge is 0.325 e. The van der Waals surface area contributed by atoms with E-state index in [1.165, 1.54) is 0 Å². The van der Waals surface area contributed by atoms with Gasteiger partial charge >= 0.3 is 5.97 Å². The number of furan rings is 1. The van der Waals surface area contributed by atoms with E-state index in [0.717, 1.165) is 0 Å². The first-order chi connectivity index (χ1) is 8.04. The van der Waals surface area contributed by atoms with Crippen molar-refractivity contribution in [3.8, 4) is 5.75 Å². The highest BCUT2D eigenvalue weighted by Crippen LogP contribution is 2.31. The molecule has 1 heterocycles. The molecule has 1 atom stereocenters. The van der Waals surface area contributed by atoms with Crippen molar-refractivity contribution in [1.82, 2.24) is 0 Å². The van der Waals surface area contributed by atoms with E-state index in [9.17, 15) is 4.79 Å². The Balaban J connectivity index is 2.64. The lowest BCUT2D eigenvalue weighted by Crippen LogP contribution is -2.21. The van der Waals surface area contributed by atoms with Crippen LogP contribution in [0, 0.1) is 6.92 Å². The second-order valence-corrected chi connectivity index (χ2v) is 3.75. The molecule has 1 aromatic heterocycles. The number of rotatable bonds is 3. The Kier molecular flexibility index (Phi) is 2.77. The van der Waals surface area contributed by atoms with Crippen LogP contribution in [0.25, 0.3) is 11.0 Å². The number of hydrogen-bond donors (Lipinski definition) is 2. The van der Waals surface area contributed by atoms with Crippen molar-refractivity contribution >= 4 is 16.9 Å². The Bertz CT molecular complexity index is 573. The number of aryl methyl sites for hydroxylation is 1. The minimum Gasteiger partial charge on any atom is -0.497 e. The third-order valence-corrected chi connectivity index (χ3v) is 2.70. The van der Waals surface area contributed by atoms with Crippen LogP contribution in [0.2, 0.25) is 0 Å². The van der Waals surface area contributed by atoms with Crippen molar-refractivity contribution < 1.29 is 19.1 Å². The molecule has 0 saturated heterocycles. The fourth-order valence-electron chi connectivity index (χ4n) is 1.86. The molecule has 1 unspecified atom stereocenters. The first kappa shape index (κ1) is 11.5. The Morgan fingerprint density at radius 1 is 1.53 bits per heavy atom. The third-order valence-electron chi connectivity index (χ3n) is 2.70. The van der Waals surface area contributed by atoms with Crippen molar-refractivity contribution in [2.75, 3.05) is 7.11 Å². The minimum absolute atomic E-state index is 0.509. The molecule has 0 aliphatic heterocycles. The van der Waals surface area contributed by atoms with Crippen LogP contribution in [0.15, 0.2) is 22.6 Å². The molecule has 3 N–H and O–H groups in total. The third kappa shape index (κ3) is 1.85. The standard InChI is InChI=1S/C12H13NO4/c1-6-10(11(13)12(14)15)8-4-3-7(16-2)5-9(8)17-6/h3-5,11H,13H2,1-2H3,(H,14,15). The minimum atomic E-state index is -1.08. The first-order valence-electron chi connectivity index (χ1n) is 5.10. The van der Waals surface area contributed by atoms with Gasteiger partial charge in [0.05, 0.1) is 7.11 Å². The maximum absolute atomic E-state index is 10.9. The van der Waals surface area contributed by atoms with Crippen molar-refractivity contribution in [3.05, 3.63) is 29.5 Å². The summed E-state index contributed by atoms with van der Waals surface area (Å²) in [7, 11) is 1.56. The summed E-state index contributed by atoms with van der Waals surface area (Å²) in [5.74, 6) is 0.0940. The molecule has 0 spiro atoms. The fourth-order valence-corrected chi connectivity index (χ4v) is 1.86. The summed E-state index contributed by atoms with van der Waals surface area (Å²) in [4.78, 5) is 10.9. The molecule has 0 aliphatic rings. The van der Waals surface area contributed by atoms with Crippen LogP contribution in [0.1, 0.15) is 17.4 Å². The van der Waals surface area contributed by atoms with E-state index < -0.39 is 12.0 Å². The van der Waals surface area contributed by atoms with Gasteiger partial charge in [-0.05, 0) is 19.1 Å². The molecular weight excluding hydrogens is 222 g/mol. The van der Waals surface area contributed by atoms with Gasteiger partial charge in [-0.25, -0.2) is 0 Å². The first-order valence-corrected chi connectivity index (χ1v) is 5.10. The average Bonchev–Trinajstić information content (AvgIpc) is 2.62. The highest BCUT2D eigenvalue weighted by Gasteiger charge is 2.23. The molecule has 0 fully saturated rings. The van der Waals surface area contributed by atoms with Gasteiger partial charge in [0.2, 0.25) is 0 Å². The van der Waals surface area contributed by atoms with Gasteiger partial charge in [0.15, 0.2) is 0 Å². The molecule has 1 aromatic carbocycles. The number of benzene rings is 1. The molecule has 0 saturated carbocycles.